The van der Waals surface area contributed by atoms with Gasteiger partial charge in [0.1, 0.15) is 19.1 Å². The standard InChI is InChI=1S/C23H25BFN5O2/c1-23(2,3)32-22(31)29-12-10-28(11-13-29)17-4-5-20(19(25)14-17)30-15-18(24)21(27-30)16-6-8-26-9-7-16/h4-9,14-15H,10-13H2,1-3H3. The first-order valence-electron chi connectivity index (χ1n) is 10.5. The number of ether oxygens (including phenoxy) is 1. The van der Waals surface area contributed by atoms with E-state index >= 15 is 4.39 Å². The van der Waals surface area contributed by atoms with Gasteiger partial charge in [0, 0.05) is 56.0 Å². The number of nitrogens with zero attached hydrogens (tertiary/aromatic N) is 5. The summed E-state index contributed by atoms with van der Waals surface area (Å²) in [6.45, 7) is 7.76. The summed E-state index contributed by atoms with van der Waals surface area (Å²) in [4.78, 5) is 20.0. The van der Waals surface area contributed by atoms with Gasteiger partial charge >= 0.3 is 6.09 Å². The van der Waals surface area contributed by atoms with E-state index < -0.39 is 11.4 Å². The molecular formula is C23H25BFN5O2. The van der Waals surface area contributed by atoms with Crippen molar-refractivity contribution in [2.24, 2.45) is 0 Å². The average molecular weight is 433 g/mol. The molecule has 0 bridgehead atoms. The quantitative estimate of drug-likeness (QED) is 0.595. The molecule has 0 N–H and O–H groups in total. The Morgan fingerprint density at radius 2 is 1.78 bits per heavy atom. The first-order chi connectivity index (χ1) is 15.2. The van der Waals surface area contributed by atoms with Crippen molar-refractivity contribution in [3.05, 3.63) is 54.7 Å². The maximum Gasteiger partial charge on any atom is 0.410 e. The summed E-state index contributed by atoms with van der Waals surface area (Å²) >= 11 is 0. The number of rotatable bonds is 3. The van der Waals surface area contributed by atoms with Crippen LogP contribution in [0.15, 0.2) is 48.9 Å². The number of amides is 1. The van der Waals surface area contributed by atoms with Crippen LogP contribution in [0, 0.1) is 5.82 Å². The highest BCUT2D eigenvalue weighted by Gasteiger charge is 2.26. The Kier molecular flexibility index (Phi) is 5.91. The smallest absolute Gasteiger partial charge is 0.410 e. The molecule has 7 nitrogen and oxygen atoms in total. The third-order valence-electron chi connectivity index (χ3n) is 5.17. The van der Waals surface area contributed by atoms with E-state index in [2.05, 4.69) is 10.1 Å². The number of anilines is 1. The summed E-state index contributed by atoms with van der Waals surface area (Å²) in [5, 5.41) is 4.46. The zero-order valence-electron chi connectivity index (χ0n) is 18.5. The van der Waals surface area contributed by atoms with Crippen molar-refractivity contribution in [3.63, 3.8) is 0 Å². The summed E-state index contributed by atoms with van der Waals surface area (Å²) in [6.07, 6.45) is 4.60. The van der Waals surface area contributed by atoms with Gasteiger partial charge in [-0.1, -0.05) is 5.46 Å². The predicted molar refractivity (Wildman–Crippen MR) is 122 cm³/mol. The topological polar surface area (TPSA) is 63.5 Å². The molecule has 164 valence electrons. The number of piperazine rings is 1. The Morgan fingerprint density at radius 1 is 1.09 bits per heavy atom. The van der Waals surface area contributed by atoms with Gasteiger partial charge in [0.15, 0.2) is 5.82 Å². The molecule has 2 aromatic heterocycles. The molecule has 1 aromatic carbocycles. The zero-order valence-corrected chi connectivity index (χ0v) is 18.5. The fourth-order valence-corrected chi connectivity index (χ4v) is 3.60. The van der Waals surface area contributed by atoms with Crippen molar-refractivity contribution < 1.29 is 13.9 Å². The van der Waals surface area contributed by atoms with Crippen LogP contribution >= 0.6 is 0 Å². The molecule has 1 aliphatic heterocycles. The van der Waals surface area contributed by atoms with Crippen LogP contribution in [0.1, 0.15) is 20.8 Å². The highest BCUT2D eigenvalue weighted by molar-refractivity contribution is 6.35. The third-order valence-corrected chi connectivity index (χ3v) is 5.17. The molecule has 0 spiro atoms. The second-order valence-corrected chi connectivity index (χ2v) is 8.70. The van der Waals surface area contributed by atoms with Crippen molar-refractivity contribution in [1.29, 1.82) is 0 Å². The van der Waals surface area contributed by atoms with E-state index in [9.17, 15) is 4.79 Å². The molecule has 0 saturated carbocycles. The van der Waals surface area contributed by atoms with Crippen molar-refractivity contribution in [1.82, 2.24) is 19.7 Å². The van der Waals surface area contributed by atoms with Gasteiger partial charge in [-0.05, 0) is 51.1 Å². The van der Waals surface area contributed by atoms with E-state index in [4.69, 9.17) is 12.6 Å². The van der Waals surface area contributed by atoms with E-state index in [1.54, 1.807) is 41.7 Å². The minimum Gasteiger partial charge on any atom is -0.444 e. The first kappa shape index (κ1) is 21.9. The second-order valence-electron chi connectivity index (χ2n) is 8.70. The summed E-state index contributed by atoms with van der Waals surface area (Å²) in [5.41, 5.74) is 2.39. The van der Waals surface area contributed by atoms with Crippen LogP contribution in [0.3, 0.4) is 0 Å². The molecule has 1 fully saturated rings. The number of pyridine rings is 1. The number of hydrogen-bond acceptors (Lipinski definition) is 5. The maximum atomic E-state index is 15.0. The van der Waals surface area contributed by atoms with Crippen molar-refractivity contribution in [2.45, 2.75) is 26.4 Å². The summed E-state index contributed by atoms with van der Waals surface area (Å²) < 4.78 is 21.9. The second kappa shape index (κ2) is 8.65. The molecule has 1 aliphatic rings. The Labute approximate surface area is 188 Å². The predicted octanol–water partition coefficient (Wildman–Crippen LogP) is 2.92. The zero-order chi connectivity index (χ0) is 22.9. The molecule has 0 aliphatic carbocycles. The fraction of sp³-hybridized carbons (Fsp3) is 0.348. The molecule has 0 atom stereocenters. The molecule has 2 radical (unpaired) electrons. The Bertz CT molecular complexity index is 1110. The van der Waals surface area contributed by atoms with Gasteiger partial charge in [0.2, 0.25) is 0 Å². The van der Waals surface area contributed by atoms with E-state index in [1.807, 2.05) is 31.7 Å². The largest absolute Gasteiger partial charge is 0.444 e. The van der Waals surface area contributed by atoms with E-state index in [0.717, 1.165) is 11.3 Å². The van der Waals surface area contributed by atoms with Crippen LogP contribution < -0.4 is 10.4 Å². The van der Waals surface area contributed by atoms with Crippen LogP contribution in [-0.2, 0) is 4.74 Å². The van der Waals surface area contributed by atoms with Gasteiger partial charge in [-0.15, -0.1) is 0 Å². The van der Waals surface area contributed by atoms with Gasteiger partial charge in [-0.2, -0.15) is 5.10 Å². The Morgan fingerprint density at radius 3 is 2.41 bits per heavy atom. The monoisotopic (exact) mass is 433 g/mol. The summed E-state index contributed by atoms with van der Waals surface area (Å²) in [7, 11) is 6.11. The number of carbonyl (C=O) groups is 1. The lowest BCUT2D eigenvalue weighted by molar-refractivity contribution is 0.0240. The molecule has 1 saturated heterocycles. The molecule has 4 rings (SSSR count). The van der Waals surface area contributed by atoms with Crippen molar-refractivity contribution >= 4 is 25.1 Å². The number of hydrogen-bond donors (Lipinski definition) is 0. The van der Waals surface area contributed by atoms with Crippen LogP contribution in [-0.4, -0.2) is 65.4 Å². The fourth-order valence-electron chi connectivity index (χ4n) is 3.60. The van der Waals surface area contributed by atoms with Gasteiger partial charge < -0.3 is 14.5 Å². The van der Waals surface area contributed by atoms with Crippen LogP contribution in [0.25, 0.3) is 16.9 Å². The molecule has 9 heteroatoms. The highest BCUT2D eigenvalue weighted by Crippen LogP contribution is 2.24. The number of aromatic nitrogens is 3. The maximum absolute atomic E-state index is 15.0. The molecule has 3 heterocycles. The van der Waals surface area contributed by atoms with Gasteiger partial charge in [-0.3, -0.25) is 4.98 Å². The summed E-state index contributed by atoms with van der Waals surface area (Å²) in [5.74, 6) is -0.402. The van der Waals surface area contributed by atoms with E-state index in [-0.39, 0.29) is 6.09 Å². The van der Waals surface area contributed by atoms with Gasteiger partial charge in [0.25, 0.3) is 0 Å². The van der Waals surface area contributed by atoms with E-state index in [1.165, 1.54) is 10.7 Å². The minimum absolute atomic E-state index is 0.313. The Hall–Kier alpha value is -3.36. The van der Waals surface area contributed by atoms with Crippen LogP contribution in [0.4, 0.5) is 14.9 Å². The van der Waals surface area contributed by atoms with Crippen LogP contribution in [0.5, 0.6) is 0 Å². The highest BCUT2D eigenvalue weighted by atomic mass is 19.1. The SMILES string of the molecule is [B]c1cn(-c2ccc(N3CCN(C(=O)OC(C)(C)C)CC3)cc2F)nc1-c1ccncc1. The van der Waals surface area contributed by atoms with Crippen molar-refractivity contribution in [2.75, 3.05) is 31.1 Å². The molecule has 3 aromatic rings. The summed E-state index contributed by atoms with van der Waals surface area (Å²) in [6, 6.07) is 8.64. The number of halogens is 1. The van der Waals surface area contributed by atoms with Gasteiger partial charge in [-0.25, -0.2) is 13.9 Å². The van der Waals surface area contributed by atoms with E-state index in [0.29, 0.717) is 43.0 Å². The average Bonchev–Trinajstić information content (AvgIpc) is 3.14. The van der Waals surface area contributed by atoms with Crippen molar-refractivity contribution in [3.8, 4) is 16.9 Å². The normalized spacial score (nSPS) is 14.5. The lowest BCUT2D eigenvalue weighted by Gasteiger charge is -2.36. The third kappa shape index (κ3) is 4.76. The molecule has 32 heavy (non-hydrogen) atoms. The molecule has 1 amide bonds. The molecule has 0 unspecified atom stereocenters. The molecular weight excluding hydrogens is 408 g/mol. The lowest BCUT2D eigenvalue weighted by Crippen LogP contribution is -2.50. The number of carbonyl (C=O) groups excluding carboxylic acids is 1. The first-order valence-corrected chi connectivity index (χ1v) is 10.5. The Balaban J connectivity index is 1.46. The number of benzene rings is 1. The van der Waals surface area contributed by atoms with Crippen LogP contribution in [0.2, 0.25) is 0 Å². The lowest BCUT2D eigenvalue weighted by atomic mass is 9.94. The minimum atomic E-state index is -0.527. The van der Waals surface area contributed by atoms with Gasteiger partial charge in [0.05, 0.1) is 5.69 Å².